The lowest BCUT2D eigenvalue weighted by molar-refractivity contribution is -0.117. The van der Waals surface area contributed by atoms with Crippen molar-refractivity contribution < 1.29 is 14.7 Å². The fourth-order valence-electron chi connectivity index (χ4n) is 3.86. The monoisotopic (exact) mass is 350 g/mol. The third-order valence-electron chi connectivity index (χ3n) is 5.09. The van der Waals surface area contributed by atoms with Gasteiger partial charge < -0.3 is 10.4 Å². The van der Waals surface area contributed by atoms with Gasteiger partial charge in [-0.3, -0.25) is 9.69 Å². The summed E-state index contributed by atoms with van der Waals surface area (Å²) in [5.74, 6) is 0.176. The number of amides is 1. The van der Waals surface area contributed by atoms with Crippen molar-refractivity contribution in [3.8, 4) is 0 Å². The number of anilines is 1. The molecule has 0 saturated carbocycles. The van der Waals surface area contributed by atoms with Gasteiger partial charge in [0.05, 0.1) is 12.1 Å². The number of thiophene rings is 1. The van der Waals surface area contributed by atoms with E-state index >= 15 is 0 Å². The van der Waals surface area contributed by atoms with Gasteiger partial charge in [0.1, 0.15) is 5.00 Å². The van der Waals surface area contributed by atoms with Crippen molar-refractivity contribution in [3.05, 3.63) is 16.0 Å². The summed E-state index contributed by atoms with van der Waals surface area (Å²) in [5.41, 5.74) is 1.26. The van der Waals surface area contributed by atoms with Crippen molar-refractivity contribution in [2.24, 2.45) is 11.8 Å². The van der Waals surface area contributed by atoms with E-state index in [-0.39, 0.29) is 5.91 Å². The number of carbonyl (C=O) groups excluding carboxylic acids is 1. The molecule has 3 rings (SSSR count). The Bertz CT molecular complexity index is 640. The summed E-state index contributed by atoms with van der Waals surface area (Å²) < 4.78 is 0. The molecule has 0 bridgehead atoms. The van der Waals surface area contributed by atoms with Gasteiger partial charge in [0.15, 0.2) is 0 Å². The molecule has 0 spiro atoms. The summed E-state index contributed by atoms with van der Waals surface area (Å²) >= 11 is 1.45. The predicted octanol–water partition coefficient (Wildman–Crippen LogP) is 3.24. The lowest BCUT2D eigenvalue weighted by Crippen LogP contribution is -2.39. The molecule has 1 aliphatic carbocycles. The number of aromatic carboxylic acids is 1. The molecule has 1 amide bonds. The molecule has 2 unspecified atom stereocenters. The van der Waals surface area contributed by atoms with E-state index in [9.17, 15) is 14.7 Å². The summed E-state index contributed by atoms with van der Waals surface area (Å²) in [6.45, 7) is 6.64. The van der Waals surface area contributed by atoms with Crippen LogP contribution in [0.3, 0.4) is 0 Å². The molecule has 0 aromatic carbocycles. The van der Waals surface area contributed by atoms with Crippen LogP contribution in [0.5, 0.6) is 0 Å². The van der Waals surface area contributed by atoms with Crippen LogP contribution in [0.2, 0.25) is 0 Å². The van der Waals surface area contributed by atoms with E-state index < -0.39 is 5.97 Å². The maximum atomic E-state index is 12.4. The largest absolute Gasteiger partial charge is 0.478 e. The molecule has 2 atom stereocenters. The quantitative estimate of drug-likeness (QED) is 0.875. The summed E-state index contributed by atoms with van der Waals surface area (Å²) in [6.07, 6.45) is 5.08. The van der Waals surface area contributed by atoms with Gasteiger partial charge >= 0.3 is 5.97 Å². The third kappa shape index (κ3) is 3.81. The van der Waals surface area contributed by atoms with Gasteiger partial charge in [-0.25, -0.2) is 4.79 Å². The average molecular weight is 350 g/mol. The van der Waals surface area contributed by atoms with Gasteiger partial charge in [0.25, 0.3) is 0 Å². The van der Waals surface area contributed by atoms with Crippen LogP contribution in [0.15, 0.2) is 0 Å². The van der Waals surface area contributed by atoms with Gasteiger partial charge in [-0.15, -0.1) is 11.3 Å². The molecule has 2 aliphatic rings. The van der Waals surface area contributed by atoms with Crippen LogP contribution in [0.1, 0.15) is 53.9 Å². The first-order chi connectivity index (χ1) is 11.4. The number of carboxylic acids is 1. The van der Waals surface area contributed by atoms with E-state index in [0.29, 0.717) is 28.9 Å². The second-order valence-electron chi connectivity index (χ2n) is 7.39. The average Bonchev–Trinajstić information content (AvgIpc) is 2.83. The Hall–Kier alpha value is -1.40. The lowest BCUT2D eigenvalue weighted by Gasteiger charge is -2.30. The number of hydrogen-bond donors (Lipinski definition) is 2. The van der Waals surface area contributed by atoms with Crippen LogP contribution in [0.4, 0.5) is 5.00 Å². The van der Waals surface area contributed by atoms with Crippen LogP contribution >= 0.6 is 11.3 Å². The van der Waals surface area contributed by atoms with E-state index in [1.165, 1.54) is 17.8 Å². The summed E-state index contributed by atoms with van der Waals surface area (Å²) in [5, 5.41) is 13.0. The molecule has 1 aromatic heterocycles. The minimum Gasteiger partial charge on any atom is -0.478 e. The first-order valence-electron chi connectivity index (χ1n) is 8.84. The third-order valence-corrected chi connectivity index (χ3v) is 6.26. The summed E-state index contributed by atoms with van der Waals surface area (Å²) in [6, 6.07) is 0. The molecule has 1 aromatic rings. The zero-order valence-electron chi connectivity index (χ0n) is 14.4. The number of rotatable bonds is 4. The normalized spacial score (nSPS) is 24.4. The van der Waals surface area contributed by atoms with Gasteiger partial charge in [-0.2, -0.15) is 0 Å². The zero-order chi connectivity index (χ0) is 17.3. The highest BCUT2D eigenvalue weighted by Crippen LogP contribution is 2.39. The molecule has 2 N–H and O–H groups in total. The summed E-state index contributed by atoms with van der Waals surface area (Å²) in [4.78, 5) is 27.4. The molecule has 6 heteroatoms. The van der Waals surface area contributed by atoms with Crippen molar-refractivity contribution in [1.29, 1.82) is 0 Å². The molecule has 5 nitrogen and oxygen atoms in total. The zero-order valence-corrected chi connectivity index (χ0v) is 15.2. The van der Waals surface area contributed by atoms with Crippen LogP contribution in [-0.2, 0) is 17.6 Å². The molecule has 1 saturated heterocycles. The van der Waals surface area contributed by atoms with Crippen molar-refractivity contribution >= 4 is 28.2 Å². The maximum absolute atomic E-state index is 12.4. The minimum atomic E-state index is -0.927. The topological polar surface area (TPSA) is 69.6 Å². The Morgan fingerprint density at radius 2 is 2.08 bits per heavy atom. The molecular formula is C18H26N2O3S. The lowest BCUT2D eigenvalue weighted by atomic mass is 9.88. The van der Waals surface area contributed by atoms with Gasteiger partial charge in [-0.05, 0) is 56.0 Å². The number of carbonyl (C=O) groups is 2. The fourth-order valence-corrected chi connectivity index (χ4v) is 5.28. The van der Waals surface area contributed by atoms with Crippen molar-refractivity contribution in [3.63, 3.8) is 0 Å². The SMILES string of the molecule is CC1CCc2c(sc(NC(=O)CN3CCCC(C)C3)c2C(=O)O)C1. The Labute approximate surface area is 147 Å². The Kier molecular flexibility index (Phi) is 5.25. The molecular weight excluding hydrogens is 324 g/mol. The molecule has 1 fully saturated rings. The molecule has 2 heterocycles. The highest BCUT2D eigenvalue weighted by Gasteiger charge is 2.28. The van der Waals surface area contributed by atoms with Crippen LogP contribution in [0.25, 0.3) is 0 Å². The van der Waals surface area contributed by atoms with Crippen molar-refractivity contribution in [2.45, 2.75) is 46.0 Å². The first kappa shape index (κ1) is 17.4. The highest BCUT2D eigenvalue weighted by molar-refractivity contribution is 7.17. The Morgan fingerprint density at radius 1 is 1.29 bits per heavy atom. The number of fused-ring (bicyclic) bond motifs is 1. The molecule has 24 heavy (non-hydrogen) atoms. The van der Waals surface area contributed by atoms with E-state index in [1.807, 2.05) is 0 Å². The minimum absolute atomic E-state index is 0.0988. The van der Waals surface area contributed by atoms with Gasteiger partial charge in [0, 0.05) is 11.4 Å². The van der Waals surface area contributed by atoms with Crippen LogP contribution in [0, 0.1) is 11.8 Å². The van der Waals surface area contributed by atoms with Crippen LogP contribution < -0.4 is 5.32 Å². The molecule has 1 aliphatic heterocycles. The Balaban J connectivity index is 1.72. The maximum Gasteiger partial charge on any atom is 0.339 e. The van der Waals surface area contributed by atoms with Crippen LogP contribution in [-0.4, -0.2) is 41.5 Å². The van der Waals surface area contributed by atoms with E-state index in [1.54, 1.807) is 0 Å². The predicted molar refractivity (Wildman–Crippen MR) is 95.9 cm³/mol. The number of carboxylic acid groups (broad SMARTS) is 1. The van der Waals surface area contributed by atoms with Crippen molar-refractivity contribution in [1.82, 2.24) is 4.90 Å². The van der Waals surface area contributed by atoms with E-state index in [0.717, 1.165) is 49.2 Å². The Morgan fingerprint density at radius 3 is 2.79 bits per heavy atom. The number of nitrogens with one attached hydrogen (secondary N) is 1. The van der Waals surface area contributed by atoms with Gasteiger partial charge in [0.2, 0.25) is 5.91 Å². The number of likely N-dealkylation sites (tertiary alicyclic amines) is 1. The fraction of sp³-hybridized carbons (Fsp3) is 0.667. The standard InChI is InChI=1S/C18H26N2O3S/c1-11-5-6-13-14(8-11)24-17(16(13)18(22)23)19-15(21)10-20-7-3-4-12(2)9-20/h11-12H,3-10H2,1-2H3,(H,19,21)(H,22,23). The second-order valence-corrected chi connectivity index (χ2v) is 8.50. The van der Waals surface area contributed by atoms with E-state index in [4.69, 9.17) is 0 Å². The van der Waals surface area contributed by atoms with E-state index in [2.05, 4.69) is 24.1 Å². The highest BCUT2D eigenvalue weighted by atomic mass is 32.1. The van der Waals surface area contributed by atoms with Crippen molar-refractivity contribution in [2.75, 3.05) is 25.0 Å². The van der Waals surface area contributed by atoms with Gasteiger partial charge in [-0.1, -0.05) is 13.8 Å². The second kappa shape index (κ2) is 7.23. The molecule has 0 radical (unpaired) electrons. The number of nitrogens with zero attached hydrogens (tertiary/aromatic N) is 1. The summed E-state index contributed by atoms with van der Waals surface area (Å²) in [7, 11) is 0. The molecule has 132 valence electrons. The first-order valence-corrected chi connectivity index (χ1v) is 9.65. The smallest absolute Gasteiger partial charge is 0.339 e. The number of piperidine rings is 1. The number of hydrogen-bond acceptors (Lipinski definition) is 4.